The van der Waals surface area contributed by atoms with E-state index in [0.29, 0.717) is 24.3 Å². The number of likely N-dealkylation sites (tertiary alicyclic amines) is 2. The molecule has 0 aliphatic carbocycles. The van der Waals surface area contributed by atoms with Crippen molar-refractivity contribution in [2.75, 3.05) is 40.0 Å². The van der Waals surface area contributed by atoms with Gasteiger partial charge in [0, 0.05) is 51.0 Å². The molecule has 2 saturated heterocycles. The van der Waals surface area contributed by atoms with Gasteiger partial charge in [-0.25, -0.2) is 4.98 Å². The number of hydrogen-bond acceptors (Lipinski definition) is 5. The van der Waals surface area contributed by atoms with Gasteiger partial charge in [0.25, 0.3) is 0 Å². The molecular formula is C24H31N3O3. The zero-order valence-corrected chi connectivity index (χ0v) is 18.1. The monoisotopic (exact) mass is 409 g/mol. The van der Waals surface area contributed by atoms with Crippen molar-refractivity contribution >= 4 is 5.91 Å². The molecule has 0 N–H and O–H groups in total. The van der Waals surface area contributed by atoms with Gasteiger partial charge < -0.3 is 14.4 Å². The van der Waals surface area contributed by atoms with Crippen molar-refractivity contribution in [3.63, 3.8) is 0 Å². The molecule has 1 aromatic heterocycles. The quantitative estimate of drug-likeness (QED) is 0.704. The number of ether oxygens (including phenoxy) is 2. The second-order valence-electron chi connectivity index (χ2n) is 8.31. The van der Waals surface area contributed by atoms with Gasteiger partial charge in [-0.2, -0.15) is 0 Å². The van der Waals surface area contributed by atoms with Crippen molar-refractivity contribution in [1.82, 2.24) is 14.8 Å². The summed E-state index contributed by atoms with van der Waals surface area (Å²) >= 11 is 0. The number of aryl methyl sites for hydroxylation is 1. The van der Waals surface area contributed by atoms with E-state index in [1.807, 2.05) is 19.1 Å². The molecule has 3 atom stereocenters. The Morgan fingerprint density at radius 2 is 2.03 bits per heavy atom. The van der Waals surface area contributed by atoms with Gasteiger partial charge in [-0.3, -0.25) is 9.69 Å². The third-order valence-electron chi connectivity index (χ3n) is 6.41. The van der Waals surface area contributed by atoms with E-state index < -0.39 is 0 Å². The van der Waals surface area contributed by atoms with Gasteiger partial charge in [0.1, 0.15) is 6.61 Å². The molecule has 0 unspecified atom stereocenters. The number of hydrogen-bond donors (Lipinski definition) is 0. The average molecular weight is 410 g/mol. The second kappa shape index (κ2) is 9.14. The van der Waals surface area contributed by atoms with Crippen LogP contribution in [0.4, 0.5) is 0 Å². The lowest BCUT2D eigenvalue weighted by Gasteiger charge is -2.31. The molecule has 1 aromatic carbocycles. The molecule has 6 nitrogen and oxygen atoms in total. The van der Waals surface area contributed by atoms with Crippen LogP contribution in [-0.4, -0.2) is 60.6 Å². The van der Waals surface area contributed by atoms with Gasteiger partial charge >= 0.3 is 0 Å². The number of fused-ring (bicyclic) bond motifs is 1. The molecule has 0 spiro atoms. The minimum Gasteiger partial charge on any atom is -0.481 e. The van der Waals surface area contributed by atoms with Gasteiger partial charge in [0.05, 0.1) is 13.2 Å². The van der Waals surface area contributed by atoms with Gasteiger partial charge in [-0.1, -0.05) is 24.3 Å². The molecule has 0 radical (unpaired) electrons. The van der Waals surface area contributed by atoms with E-state index in [-0.39, 0.29) is 18.6 Å². The van der Waals surface area contributed by atoms with Gasteiger partial charge in [0.15, 0.2) is 0 Å². The Morgan fingerprint density at radius 3 is 2.80 bits per heavy atom. The van der Waals surface area contributed by atoms with Crippen LogP contribution in [0.25, 0.3) is 0 Å². The molecule has 4 rings (SSSR count). The van der Waals surface area contributed by atoms with E-state index in [9.17, 15) is 4.79 Å². The van der Waals surface area contributed by atoms with Crippen LogP contribution in [0.15, 0.2) is 42.6 Å². The Kier molecular flexibility index (Phi) is 6.35. The Morgan fingerprint density at radius 1 is 1.20 bits per heavy atom. The summed E-state index contributed by atoms with van der Waals surface area (Å²) in [6, 6.07) is 12.6. The Balaban J connectivity index is 1.54. The van der Waals surface area contributed by atoms with Crippen molar-refractivity contribution in [2.45, 2.75) is 26.4 Å². The number of rotatable bonds is 7. The average Bonchev–Trinajstić information content (AvgIpc) is 3.30. The molecule has 2 aliphatic rings. The van der Waals surface area contributed by atoms with E-state index in [4.69, 9.17) is 9.47 Å². The summed E-state index contributed by atoms with van der Waals surface area (Å²) in [5, 5.41) is 0. The number of carbonyl (C=O) groups excluding carboxylic acids is 1. The van der Waals surface area contributed by atoms with Crippen LogP contribution in [0.1, 0.15) is 29.7 Å². The molecule has 0 saturated carbocycles. The number of aromatic nitrogens is 1. The predicted molar refractivity (Wildman–Crippen MR) is 115 cm³/mol. The molecule has 3 heterocycles. The number of carbonyl (C=O) groups is 1. The first-order valence-electron chi connectivity index (χ1n) is 10.7. The van der Waals surface area contributed by atoms with Crippen LogP contribution >= 0.6 is 0 Å². The number of nitrogens with zero attached hydrogens (tertiary/aromatic N) is 3. The smallest absolute Gasteiger partial charge is 0.249 e. The minimum atomic E-state index is 0.102. The SMILES string of the molecule is CCOCC(=O)N1C[C@@H]2CN(Cc3ccnc(OC)c3)C[C@@H]2[C@@H]1c1ccccc1C. The Bertz CT molecular complexity index is 888. The molecule has 6 heteroatoms. The van der Waals surface area contributed by atoms with E-state index in [1.165, 1.54) is 16.7 Å². The maximum Gasteiger partial charge on any atom is 0.249 e. The molecule has 1 amide bonds. The summed E-state index contributed by atoms with van der Waals surface area (Å²) in [7, 11) is 1.65. The number of benzene rings is 1. The number of methoxy groups -OCH3 is 1. The van der Waals surface area contributed by atoms with E-state index in [0.717, 1.165) is 26.2 Å². The fraction of sp³-hybridized carbons (Fsp3) is 0.500. The summed E-state index contributed by atoms with van der Waals surface area (Å²) in [5.41, 5.74) is 3.72. The van der Waals surface area contributed by atoms with Gasteiger partial charge in [-0.05, 0) is 42.5 Å². The highest BCUT2D eigenvalue weighted by Crippen LogP contribution is 2.46. The summed E-state index contributed by atoms with van der Waals surface area (Å²) < 4.78 is 10.7. The fourth-order valence-corrected chi connectivity index (χ4v) is 5.03. The molecule has 0 bridgehead atoms. The molecular weight excluding hydrogens is 378 g/mol. The van der Waals surface area contributed by atoms with Gasteiger partial charge in [0.2, 0.25) is 11.8 Å². The normalized spacial score (nSPS) is 23.6. The van der Waals surface area contributed by atoms with Crippen LogP contribution in [0.2, 0.25) is 0 Å². The molecule has 160 valence electrons. The van der Waals surface area contributed by atoms with Gasteiger partial charge in [-0.15, -0.1) is 0 Å². The van der Waals surface area contributed by atoms with Crippen molar-refractivity contribution in [3.05, 3.63) is 59.3 Å². The van der Waals surface area contributed by atoms with Crippen molar-refractivity contribution < 1.29 is 14.3 Å². The number of amides is 1. The lowest BCUT2D eigenvalue weighted by atomic mass is 9.87. The predicted octanol–water partition coefficient (Wildman–Crippen LogP) is 3.07. The zero-order valence-electron chi connectivity index (χ0n) is 18.1. The summed E-state index contributed by atoms with van der Waals surface area (Å²) in [5.74, 6) is 1.66. The minimum absolute atomic E-state index is 0.102. The maximum absolute atomic E-state index is 12.9. The first-order chi connectivity index (χ1) is 14.6. The van der Waals surface area contributed by atoms with Crippen molar-refractivity contribution in [1.29, 1.82) is 0 Å². The van der Waals surface area contributed by atoms with E-state index >= 15 is 0 Å². The lowest BCUT2D eigenvalue weighted by molar-refractivity contribution is -0.137. The highest BCUT2D eigenvalue weighted by molar-refractivity contribution is 5.78. The van der Waals surface area contributed by atoms with Crippen LogP contribution in [-0.2, 0) is 16.1 Å². The zero-order chi connectivity index (χ0) is 21.1. The second-order valence-corrected chi connectivity index (χ2v) is 8.31. The standard InChI is InChI=1S/C24H31N3O3/c1-4-30-16-23(28)27-14-19-13-26(12-18-9-10-25-22(11-18)29-3)15-21(19)24(27)20-8-6-5-7-17(20)2/h5-11,19,21,24H,4,12-16H2,1-3H3/t19-,21-,24-/m0/s1. The number of pyridine rings is 1. The van der Waals surface area contributed by atoms with Crippen LogP contribution in [0.3, 0.4) is 0 Å². The lowest BCUT2D eigenvalue weighted by Crippen LogP contribution is -2.38. The Labute approximate surface area is 178 Å². The summed E-state index contributed by atoms with van der Waals surface area (Å²) in [6.07, 6.45) is 1.80. The molecule has 2 aliphatic heterocycles. The Hall–Kier alpha value is -2.44. The van der Waals surface area contributed by atoms with Crippen LogP contribution < -0.4 is 4.74 Å². The summed E-state index contributed by atoms with van der Waals surface area (Å²) in [6.45, 7) is 8.44. The third-order valence-corrected chi connectivity index (χ3v) is 6.41. The molecule has 2 fully saturated rings. The first kappa shape index (κ1) is 20.8. The highest BCUT2D eigenvalue weighted by Gasteiger charge is 2.49. The van der Waals surface area contributed by atoms with Crippen molar-refractivity contribution in [3.8, 4) is 5.88 Å². The highest BCUT2D eigenvalue weighted by atomic mass is 16.5. The molecule has 30 heavy (non-hydrogen) atoms. The van der Waals surface area contributed by atoms with Crippen LogP contribution in [0, 0.1) is 18.8 Å². The fourth-order valence-electron chi connectivity index (χ4n) is 5.03. The van der Waals surface area contributed by atoms with Crippen LogP contribution in [0.5, 0.6) is 5.88 Å². The topological polar surface area (TPSA) is 54.9 Å². The third kappa shape index (κ3) is 4.20. The van der Waals surface area contributed by atoms with E-state index in [2.05, 4.69) is 46.0 Å². The van der Waals surface area contributed by atoms with E-state index in [1.54, 1.807) is 13.3 Å². The first-order valence-corrected chi connectivity index (χ1v) is 10.7. The van der Waals surface area contributed by atoms with Crippen molar-refractivity contribution in [2.24, 2.45) is 11.8 Å². The maximum atomic E-state index is 12.9. The molecule has 2 aromatic rings. The largest absolute Gasteiger partial charge is 0.481 e. The summed E-state index contributed by atoms with van der Waals surface area (Å²) in [4.78, 5) is 21.7.